The summed E-state index contributed by atoms with van der Waals surface area (Å²) in [6.45, 7) is 11.8. The van der Waals surface area contributed by atoms with Crippen LogP contribution in [0.4, 0.5) is 0 Å². The van der Waals surface area contributed by atoms with E-state index in [1.165, 1.54) is 0 Å². The summed E-state index contributed by atoms with van der Waals surface area (Å²) in [5.74, 6) is 0.520. The SMILES string of the molecule is CC(C)CN(C)CCC(=O)OC(C)(C)C. The predicted octanol–water partition coefficient (Wildman–Crippen LogP) is 2.31. The van der Waals surface area contributed by atoms with Gasteiger partial charge in [0.2, 0.25) is 0 Å². The van der Waals surface area contributed by atoms with E-state index in [2.05, 4.69) is 18.7 Å². The summed E-state index contributed by atoms with van der Waals surface area (Å²) in [5, 5.41) is 0. The van der Waals surface area contributed by atoms with E-state index in [1.807, 2.05) is 27.8 Å². The van der Waals surface area contributed by atoms with Crippen LogP contribution in [0.5, 0.6) is 0 Å². The van der Waals surface area contributed by atoms with Crippen LogP contribution >= 0.6 is 0 Å². The van der Waals surface area contributed by atoms with Crippen molar-refractivity contribution in [2.45, 2.75) is 46.6 Å². The summed E-state index contributed by atoms with van der Waals surface area (Å²) in [4.78, 5) is 13.6. The Balaban J connectivity index is 3.72. The minimum Gasteiger partial charge on any atom is -0.460 e. The zero-order valence-corrected chi connectivity index (χ0v) is 11.0. The third kappa shape index (κ3) is 9.73. The van der Waals surface area contributed by atoms with Crippen LogP contribution in [0.3, 0.4) is 0 Å². The highest BCUT2D eigenvalue weighted by atomic mass is 16.6. The average molecular weight is 215 g/mol. The van der Waals surface area contributed by atoms with Gasteiger partial charge in [0.05, 0.1) is 6.42 Å². The number of rotatable bonds is 5. The molecule has 0 aliphatic heterocycles. The molecule has 0 N–H and O–H groups in total. The lowest BCUT2D eigenvalue weighted by Crippen LogP contribution is -2.29. The fraction of sp³-hybridized carbons (Fsp3) is 0.917. The lowest BCUT2D eigenvalue weighted by Gasteiger charge is -2.22. The number of carbonyl (C=O) groups is 1. The third-order valence-electron chi connectivity index (χ3n) is 1.79. The second kappa shape index (κ2) is 6.11. The lowest BCUT2D eigenvalue weighted by atomic mass is 10.2. The molecular weight excluding hydrogens is 190 g/mol. The zero-order chi connectivity index (χ0) is 12.1. The Morgan fingerprint density at radius 3 is 2.27 bits per heavy atom. The predicted molar refractivity (Wildman–Crippen MR) is 62.8 cm³/mol. The van der Waals surface area contributed by atoms with E-state index >= 15 is 0 Å². The number of ether oxygens (including phenoxy) is 1. The van der Waals surface area contributed by atoms with Gasteiger partial charge in [-0.05, 0) is 33.7 Å². The lowest BCUT2D eigenvalue weighted by molar-refractivity contribution is -0.155. The van der Waals surface area contributed by atoms with Gasteiger partial charge in [-0.15, -0.1) is 0 Å². The molecule has 0 atom stereocenters. The number of nitrogens with zero attached hydrogens (tertiary/aromatic N) is 1. The van der Waals surface area contributed by atoms with Crippen LogP contribution in [0.1, 0.15) is 41.0 Å². The molecule has 90 valence electrons. The Morgan fingerprint density at radius 2 is 1.87 bits per heavy atom. The Bertz CT molecular complexity index is 194. The Kier molecular flexibility index (Phi) is 5.88. The first kappa shape index (κ1) is 14.4. The second-order valence-electron chi connectivity index (χ2n) is 5.49. The van der Waals surface area contributed by atoms with Crippen molar-refractivity contribution in [3.05, 3.63) is 0 Å². The Hall–Kier alpha value is -0.570. The van der Waals surface area contributed by atoms with E-state index < -0.39 is 0 Å². The topological polar surface area (TPSA) is 29.5 Å². The maximum atomic E-state index is 11.4. The highest BCUT2D eigenvalue weighted by Crippen LogP contribution is 2.08. The molecule has 0 radical (unpaired) electrons. The van der Waals surface area contributed by atoms with Crippen molar-refractivity contribution in [2.24, 2.45) is 5.92 Å². The summed E-state index contributed by atoms with van der Waals surface area (Å²) < 4.78 is 5.23. The van der Waals surface area contributed by atoms with Crippen molar-refractivity contribution >= 4 is 5.97 Å². The number of hydrogen-bond acceptors (Lipinski definition) is 3. The van der Waals surface area contributed by atoms with Crippen molar-refractivity contribution in [3.63, 3.8) is 0 Å². The largest absolute Gasteiger partial charge is 0.460 e. The first-order valence-corrected chi connectivity index (χ1v) is 5.61. The molecule has 0 fully saturated rings. The van der Waals surface area contributed by atoms with Gasteiger partial charge in [-0.25, -0.2) is 0 Å². The third-order valence-corrected chi connectivity index (χ3v) is 1.79. The molecule has 0 saturated heterocycles. The van der Waals surface area contributed by atoms with E-state index in [-0.39, 0.29) is 11.6 Å². The molecule has 0 aromatic rings. The molecule has 0 aliphatic rings. The van der Waals surface area contributed by atoms with Crippen molar-refractivity contribution in [1.29, 1.82) is 0 Å². The minimum absolute atomic E-state index is 0.113. The van der Waals surface area contributed by atoms with E-state index in [0.717, 1.165) is 13.1 Å². The van der Waals surface area contributed by atoms with Gasteiger partial charge in [0, 0.05) is 13.1 Å². The maximum Gasteiger partial charge on any atom is 0.307 e. The van der Waals surface area contributed by atoms with Crippen molar-refractivity contribution in [3.8, 4) is 0 Å². The van der Waals surface area contributed by atoms with Gasteiger partial charge >= 0.3 is 5.97 Å². The zero-order valence-electron chi connectivity index (χ0n) is 11.0. The van der Waals surface area contributed by atoms with Crippen molar-refractivity contribution < 1.29 is 9.53 Å². The molecule has 0 aromatic carbocycles. The molecule has 3 heteroatoms. The van der Waals surface area contributed by atoms with Gasteiger partial charge in [0.1, 0.15) is 5.60 Å². The molecule has 0 aliphatic carbocycles. The molecule has 15 heavy (non-hydrogen) atoms. The Labute approximate surface area is 93.8 Å². The molecule has 0 rings (SSSR count). The minimum atomic E-state index is -0.367. The number of hydrogen-bond donors (Lipinski definition) is 0. The van der Waals surface area contributed by atoms with Crippen LogP contribution in [0.15, 0.2) is 0 Å². The second-order valence-corrected chi connectivity index (χ2v) is 5.49. The number of esters is 1. The normalized spacial score (nSPS) is 12.3. The van der Waals surface area contributed by atoms with E-state index in [9.17, 15) is 4.79 Å². The van der Waals surface area contributed by atoms with Crippen molar-refractivity contribution in [1.82, 2.24) is 4.90 Å². The first-order chi connectivity index (χ1) is 6.70. The van der Waals surface area contributed by atoms with Crippen LogP contribution in [0.25, 0.3) is 0 Å². The van der Waals surface area contributed by atoms with Crippen LogP contribution in [-0.4, -0.2) is 36.6 Å². The highest BCUT2D eigenvalue weighted by Gasteiger charge is 2.16. The molecule has 0 bridgehead atoms. The van der Waals surface area contributed by atoms with Crippen LogP contribution in [-0.2, 0) is 9.53 Å². The Morgan fingerprint density at radius 1 is 1.33 bits per heavy atom. The summed E-state index contributed by atoms with van der Waals surface area (Å²) >= 11 is 0. The van der Waals surface area contributed by atoms with Gasteiger partial charge in [0.25, 0.3) is 0 Å². The smallest absolute Gasteiger partial charge is 0.307 e. The van der Waals surface area contributed by atoms with Crippen LogP contribution < -0.4 is 0 Å². The molecular formula is C12H25NO2. The quantitative estimate of drug-likeness (QED) is 0.659. The standard InChI is InChI=1S/C12H25NO2/c1-10(2)9-13(6)8-7-11(14)15-12(3,4)5/h10H,7-9H2,1-6H3. The average Bonchev–Trinajstić information content (AvgIpc) is 1.96. The monoisotopic (exact) mass is 215 g/mol. The molecule has 0 heterocycles. The van der Waals surface area contributed by atoms with Crippen molar-refractivity contribution in [2.75, 3.05) is 20.1 Å². The van der Waals surface area contributed by atoms with Crippen LogP contribution in [0, 0.1) is 5.92 Å². The van der Waals surface area contributed by atoms with Gasteiger partial charge < -0.3 is 9.64 Å². The molecule has 0 spiro atoms. The molecule has 0 saturated carbocycles. The van der Waals surface area contributed by atoms with Gasteiger partial charge in [0.15, 0.2) is 0 Å². The van der Waals surface area contributed by atoms with Gasteiger partial charge in [-0.1, -0.05) is 13.8 Å². The number of carbonyl (C=O) groups excluding carboxylic acids is 1. The first-order valence-electron chi connectivity index (χ1n) is 5.61. The fourth-order valence-corrected chi connectivity index (χ4v) is 1.39. The van der Waals surface area contributed by atoms with E-state index in [0.29, 0.717) is 12.3 Å². The maximum absolute atomic E-state index is 11.4. The summed E-state index contributed by atoms with van der Waals surface area (Å²) in [6.07, 6.45) is 0.473. The van der Waals surface area contributed by atoms with Gasteiger partial charge in [-0.2, -0.15) is 0 Å². The highest BCUT2D eigenvalue weighted by molar-refractivity contribution is 5.70. The van der Waals surface area contributed by atoms with Crippen LogP contribution in [0.2, 0.25) is 0 Å². The molecule has 3 nitrogen and oxygen atoms in total. The summed E-state index contributed by atoms with van der Waals surface area (Å²) in [5.41, 5.74) is -0.367. The van der Waals surface area contributed by atoms with E-state index in [1.54, 1.807) is 0 Å². The fourth-order valence-electron chi connectivity index (χ4n) is 1.39. The van der Waals surface area contributed by atoms with E-state index in [4.69, 9.17) is 4.74 Å². The molecule has 0 aromatic heterocycles. The molecule has 0 amide bonds. The molecule has 0 unspecified atom stereocenters. The van der Waals surface area contributed by atoms with Gasteiger partial charge in [-0.3, -0.25) is 4.79 Å². The summed E-state index contributed by atoms with van der Waals surface area (Å²) in [6, 6.07) is 0. The summed E-state index contributed by atoms with van der Waals surface area (Å²) in [7, 11) is 2.03.